The fourth-order valence-electron chi connectivity index (χ4n) is 2.53. The third-order valence-corrected chi connectivity index (χ3v) is 4.93. The molecular formula is C17H27N3O2S. The fourth-order valence-corrected chi connectivity index (χ4v) is 3.60. The third-order valence-electron chi connectivity index (χ3n) is 3.71. The zero-order valence-corrected chi connectivity index (χ0v) is 15.0. The predicted molar refractivity (Wildman–Crippen MR) is 97.8 cm³/mol. The lowest BCUT2D eigenvalue weighted by molar-refractivity contribution is 0.310. The van der Waals surface area contributed by atoms with Gasteiger partial charge in [0.1, 0.15) is 0 Å². The lowest BCUT2D eigenvalue weighted by Crippen LogP contribution is -2.45. The van der Waals surface area contributed by atoms with Gasteiger partial charge in [-0.2, -0.15) is 11.8 Å². The zero-order valence-electron chi connectivity index (χ0n) is 14.2. The Bertz CT molecular complexity index is 517. The Hall–Kier alpha value is -1.56. The largest absolute Gasteiger partial charge is 0.493 e. The number of guanidine groups is 1. The summed E-state index contributed by atoms with van der Waals surface area (Å²) in [5, 5.41) is 6.87. The molecule has 6 heteroatoms. The van der Waals surface area contributed by atoms with Crippen LogP contribution in [0.15, 0.2) is 23.2 Å². The summed E-state index contributed by atoms with van der Waals surface area (Å²) in [5.74, 6) is 4.82. The number of thioether (sulfide) groups is 1. The molecule has 1 fully saturated rings. The molecule has 1 aromatic rings. The minimum absolute atomic E-state index is 0.509. The van der Waals surface area contributed by atoms with Crippen LogP contribution in [0.25, 0.3) is 0 Å². The molecule has 1 aliphatic rings. The fraction of sp³-hybridized carbons (Fsp3) is 0.588. The molecule has 128 valence electrons. The molecule has 2 N–H and O–H groups in total. The second-order valence-electron chi connectivity index (χ2n) is 5.40. The van der Waals surface area contributed by atoms with E-state index in [4.69, 9.17) is 9.47 Å². The number of ether oxygens (including phenoxy) is 2. The molecule has 1 unspecified atom stereocenters. The molecule has 0 saturated carbocycles. The van der Waals surface area contributed by atoms with Crippen molar-refractivity contribution < 1.29 is 9.47 Å². The van der Waals surface area contributed by atoms with Gasteiger partial charge in [0.25, 0.3) is 0 Å². The van der Waals surface area contributed by atoms with Gasteiger partial charge in [-0.15, -0.1) is 0 Å². The van der Waals surface area contributed by atoms with Crippen LogP contribution in [0.5, 0.6) is 11.5 Å². The smallest absolute Gasteiger partial charge is 0.191 e. The molecule has 1 heterocycles. The van der Waals surface area contributed by atoms with Crippen molar-refractivity contribution in [3.63, 3.8) is 0 Å². The summed E-state index contributed by atoms with van der Waals surface area (Å²) >= 11 is 2.01. The molecule has 1 saturated heterocycles. The summed E-state index contributed by atoms with van der Waals surface area (Å²) in [6.07, 6.45) is 2.49. The Labute approximate surface area is 143 Å². The summed E-state index contributed by atoms with van der Waals surface area (Å²) in [7, 11) is 3.47. The SMILES string of the molecule is CCOc1cc(CNC(=NC)NC2CCCSC2)ccc1OC. The van der Waals surface area contributed by atoms with Gasteiger partial charge in [-0.1, -0.05) is 6.07 Å². The minimum Gasteiger partial charge on any atom is -0.493 e. The number of rotatable bonds is 6. The van der Waals surface area contributed by atoms with E-state index >= 15 is 0 Å². The monoisotopic (exact) mass is 337 g/mol. The molecule has 0 radical (unpaired) electrons. The number of hydrogen-bond acceptors (Lipinski definition) is 4. The molecule has 23 heavy (non-hydrogen) atoms. The standard InChI is InChI=1S/C17H27N3O2S/c1-4-22-16-10-13(7-8-15(16)21-3)11-19-17(18-2)20-14-6-5-9-23-12-14/h7-8,10,14H,4-6,9,11-12H2,1-3H3,(H2,18,19,20). The van der Waals surface area contributed by atoms with E-state index < -0.39 is 0 Å². The molecule has 0 amide bonds. The highest BCUT2D eigenvalue weighted by molar-refractivity contribution is 7.99. The van der Waals surface area contributed by atoms with Crippen molar-refractivity contribution in [1.29, 1.82) is 0 Å². The van der Waals surface area contributed by atoms with Crippen molar-refractivity contribution in [3.05, 3.63) is 23.8 Å². The van der Waals surface area contributed by atoms with Gasteiger partial charge < -0.3 is 20.1 Å². The molecule has 0 bridgehead atoms. The van der Waals surface area contributed by atoms with Crippen molar-refractivity contribution in [2.45, 2.75) is 32.4 Å². The first-order valence-electron chi connectivity index (χ1n) is 8.11. The van der Waals surface area contributed by atoms with E-state index in [-0.39, 0.29) is 0 Å². The Morgan fingerprint density at radius 2 is 2.26 bits per heavy atom. The second-order valence-corrected chi connectivity index (χ2v) is 6.55. The molecule has 0 aliphatic carbocycles. The molecule has 1 atom stereocenters. The lowest BCUT2D eigenvalue weighted by Gasteiger charge is -2.24. The number of nitrogens with zero attached hydrogens (tertiary/aromatic N) is 1. The first-order chi connectivity index (χ1) is 11.3. The Morgan fingerprint density at radius 1 is 1.39 bits per heavy atom. The van der Waals surface area contributed by atoms with Gasteiger partial charge in [0.2, 0.25) is 0 Å². The lowest BCUT2D eigenvalue weighted by atomic mass is 10.2. The van der Waals surface area contributed by atoms with Crippen molar-refractivity contribution >= 4 is 17.7 Å². The van der Waals surface area contributed by atoms with E-state index in [1.165, 1.54) is 18.6 Å². The van der Waals surface area contributed by atoms with Gasteiger partial charge in [0, 0.05) is 25.4 Å². The molecule has 0 spiro atoms. The molecule has 0 aromatic heterocycles. The Morgan fingerprint density at radius 3 is 2.91 bits per heavy atom. The summed E-state index contributed by atoms with van der Waals surface area (Å²) in [6.45, 7) is 3.29. The van der Waals surface area contributed by atoms with Crippen LogP contribution in [0.3, 0.4) is 0 Å². The molecule has 1 aromatic carbocycles. The maximum atomic E-state index is 5.62. The highest BCUT2D eigenvalue weighted by Crippen LogP contribution is 2.28. The molecule has 5 nitrogen and oxygen atoms in total. The van der Waals surface area contributed by atoms with Gasteiger partial charge in [-0.05, 0) is 43.2 Å². The number of nitrogens with one attached hydrogen (secondary N) is 2. The van der Waals surface area contributed by atoms with E-state index in [9.17, 15) is 0 Å². The van der Waals surface area contributed by atoms with Crippen LogP contribution >= 0.6 is 11.8 Å². The van der Waals surface area contributed by atoms with Gasteiger partial charge in [0.15, 0.2) is 17.5 Å². The van der Waals surface area contributed by atoms with E-state index in [1.807, 2.05) is 43.9 Å². The molecular weight excluding hydrogens is 310 g/mol. The maximum absolute atomic E-state index is 5.62. The van der Waals surface area contributed by atoms with Gasteiger partial charge in [-0.25, -0.2) is 0 Å². The quantitative estimate of drug-likeness (QED) is 0.617. The minimum atomic E-state index is 0.509. The van der Waals surface area contributed by atoms with Crippen LogP contribution < -0.4 is 20.1 Å². The number of benzene rings is 1. The highest BCUT2D eigenvalue weighted by atomic mass is 32.2. The highest BCUT2D eigenvalue weighted by Gasteiger charge is 2.14. The van der Waals surface area contributed by atoms with Crippen molar-refractivity contribution in [2.24, 2.45) is 4.99 Å². The van der Waals surface area contributed by atoms with E-state index in [0.717, 1.165) is 28.8 Å². The zero-order chi connectivity index (χ0) is 16.5. The summed E-state index contributed by atoms with van der Waals surface area (Å²) < 4.78 is 10.9. The van der Waals surface area contributed by atoms with Gasteiger partial charge >= 0.3 is 0 Å². The average molecular weight is 337 g/mol. The van der Waals surface area contributed by atoms with Gasteiger partial charge in [-0.3, -0.25) is 4.99 Å². The first kappa shape index (κ1) is 17.8. The van der Waals surface area contributed by atoms with Crippen molar-refractivity contribution in [1.82, 2.24) is 10.6 Å². The first-order valence-corrected chi connectivity index (χ1v) is 9.27. The number of aliphatic imine (C=N–C) groups is 1. The van der Waals surface area contributed by atoms with Crippen LogP contribution in [0, 0.1) is 0 Å². The summed E-state index contributed by atoms with van der Waals surface area (Å²) in [5.41, 5.74) is 1.13. The van der Waals surface area contributed by atoms with Crippen LogP contribution in [-0.2, 0) is 6.54 Å². The van der Waals surface area contributed by atoms with E-state index in [1.54, 1.807) is 7.11 Å². The van der Waals surface area contributed by atoms with Crippen LogP contribution in [0.2, 0.25) is 0 Å². The topological polar surface area (TPSA) is 54.9 Å². The average Bonchev–Trinajstić information content (AvgIpc) is 2.60. The molecule has 1 aliphatic heterocycles. The molecule has 2 rings (SSSR count). The van der Waals surface area contributed by atoms with Crippen LogP contribution in [-0.4, -0.2) is 44.3 Å². The van der Waals surface area contributed by atoms with Gasteiger partial charge in [0.05, 0.1) is 13.7 Å². The maximum Gasteiger partial charge on any atom is 0.191 e. The Balaban J connectivity index is 1.91. The summed E-state index contributed by atoms with van der Waals surface area (Å²) in [6, 6.07) is 6.50. The second kappa shape index (κ2) is 9.55. The third kappa shape index (κ3) is 5.53. The van der Waals surface area contributed by atoms with Crippen LogP contribution in [0.4, 0.5) is 0 Å². The Kier molecular flexibility index (Phi) is 7.39. The van der Waals surface area contributed by atoms with Crippen LogP contribution in [0.1, 0.15) is 25.3 Å². The van der Waals surface area contributed by atoms with E-state index in [2.05, 4.69) is 15.6 Å². The van der Waals surface area contributed by atoms with E-state index in [0.29, 0.717) is 19.2 Å². The predicted octanol–water partition coefficient (Wildman–Crippen LogP) is 2.65. The normalized spacial score (nSPS) is 18.4. The number of methoxy groups -OCH3 is 1. The van der Waals surface area contributed by atoms with Crippen molar-refractivity contribution in [2.75, 3.05) is 32.3 Å². The number of hydrogen-bond donors (Lipinski definition) is 2. The van der Waals surface area contributed by atoms with Crippen molar-refractivity contribution in [3.8, 4) is 11.5 Å². The summed E-state index contributed by atoms with van der Waals surface area (Å²) in [4.78, 5) is 4.32.